The zero-order chi connectivity index (χ0) is 8.28. The van der Waals surface area contributed by atoms with Crippen molar-refractivity contribution in [1.82, 2.24) is 0 Å². The van der Waals surface area contributed by atoms with Crippen LogP contribution in [0.1, 0.15) is 40.0 Å². The lowest BCUT2D eigenvalue weighted by Gasteiger charge is -2.34. The van der Waals surface area contributed by atoms with E-state index in [1.54, 1.807) is 0 Å². The molecular formula is C10H17N. The van der Waals surface area contributed by atoms with E-state index in [0.717, 1.165) is 11.6 Å². The second kappa shape index (κ2) is 1.70. The largest absolute Gasteiger partial charge is 0.309 e. The van der Waals surface area contributed by atoms with Crippen molar-refractivity contribution >= 4 is 5.71 Å². The van der Waals surface area contributed by atoms with Crippen LogP contribution in [-0.2, 0) is 0 Å². The maximum Gasteiger partial charge on any atom is 0.0207 e. The van der Waals surface area contributed by atoms with Gasteiger partial charge in [0.1, 0.15) is 0 Å². The number of fused-ring (bicyclic) bond motifs is 2. The van der Waals surface area contributed by atoms with Gasteiger partial charge in [-0.1, -0.05) is 20.8 Å². The van der Waals surface area contributed by atoms with Crippen molar-refractivity contribution in [2.75, 3.05) is 0 Å². The van der Waals surface area contributed by atoms with Gasteiger partial charge in [-0.05, 0) is 25.2 Å². The van der Waals surface area contributed by atoms with Crippen LogP contribution in [0, 0.1) is 22.2 Å². The van der Waals surface area contributed by atoms with Crippen molar-refractivity contribution in [3.05, 3.63) is 0 Å². The molecule has 1 N–H and O–H groups in total. The number of hydrogen-bond acceptors (Lipinski definition) is 1. The predicted molar refractivity (Wildman–Crippen MR) is 47.0 cm³/mol. The van der Waals surface area contributed by atoms with Gasteiger partial charge >= 0.3 is 0 Å². The summed E-state index contributed by atoms with van der Waals surface area (Å²) in [6, 6.07) is 0. The SMILES string of the molecule is CC1(C)C(=N)[C@]2(C)CCC1C2. The van der Waals surface area contributed by atoms with Gasteiger partial charge in [-0.2, -0.15) is 0 Å². The summed E-state index contributed by atoms with van der Waals surface area (Å²) in [6.07, 6.45) is 3.89. The molecule has 2 aliphatic carbocycles. The Labute approximate surface area is 68.7 Å². The second-order valence-electron chi connectivity index (χ2n) is 5.10. The number of nitrogens with one attached hydrogen (secondary N) is 1. The van der Waals surface area contributed by atoms with Gasteiger partial charge in [-0.25, -0.2) is 0 Å². The molecule has 0 saturated heterocycles. The number of hydrogen-bond donors (Lipinski definition) is 1. The lowest BCUT2D eigenvalue weighted by atomic mass is 9.71. The first-order valence-corrected chi connectivity index (χ1v) is 4.56. The van der Waals surface area contributed by atoms with Gasteiger partial charge < -0.3 is 5.41 Å². The van der Waals surface area contributed by atoms with Crippen molar-refractivity contribution in [2.24, 2.45) is 16.7 Å². The smallest absolute Gasteiger partial charge is 0.0207 e. The van der Waals surface area contributed by atoms with E-state index < -0.39 is 0 Å². The first-order chi connectivity index (χ1) is 4.97. The highest BCUT2D eigenvalue weighted by Gasteiger charge is 2.56. The fourth-order valence-corrected chi connectivity index (χ4v) is 3.07. The lowest BCUT2D eigenvalue weighted by Crippen LogP contribution is -2.34. The standard InChI is InChI=1S/C10H17N/c1-9(2)7-4-5-10(3,6-7)8(9)11/h7,11H,4-6H2,1-3H3/t7?,10-/m1/s1. The fraction of sp³-hybridized carbons (Fsp3) is 0.900. The molecule has 0 aromatic heterocycles. The molecule has 1 heteroatoms. The Kier molecular flexibility index (Phi) is 1.13. The average Bonchev–Trinajstić information content (AvgIpc) is 2.36. The van der Waals surface area contributed by atoms with Gasteiger partial charge in [0.05, 0.1) is 0 Å². The molecule has 0 aromatic rings. The van der Waals surface area contributed by atoms with E-state index in [2.05, 4.69) is 20.8 Å². The summed E-state index contributed by atoms with van der Waals surface area (Å²) in [4.78, 5) is 0. The molecule has 2 saturated carbocycles. The molecule has 11 heavy (non-hydrogen) atoms. The molecule has 0 amide bonds. The molecule has 2 rings (SSSR count). The first-order valence-electron chi connectivity index (χ1n) is 4.56. The molecule has 0 heterocycles. The molecule has 0 aromatic carbocycles. The topological polar surface area (TPSA) is 23.9 Å². The molecule has 0 aliphatic heterocycles. The quantitative estimate of drug-likeness (QED) is 0.550. The Balaban J connectivity index is 2.42. The summed E-state index contributed by atoms with van der Waals surface area (Å²) in [5.41, 5.74) is 1.52. The van der Waals surface area contributed by atoms with E-state index in [0.29, 0.717) is 0 Å². The minimum atomic E-state index is 0.215. The van der Waals surface area contributed by atoms with Gasteiger partial charge in [0.25, 0.3) is 0 Å². The Morgan fingerprint density at radius 2 is 2.00 bits per heavy atom. The van der Waals surface area contributed by atoms with Crippen molar-refractivity contribution < 1.29 is 0 Å². The molecule has 0 radical (unpaired) electrons. The highest BCUT2D eigenvalue weighted by Crippen LogP contribution is 2.59. The molecule has 1 nitrogen and oxygen atoms in total. The van der Waals surface area contributed by atoms with E-state index in [1.807, 2.05) is 0 Å². The molecule has 1 unspecified atom stereocenters. The zero-order valence-electron chi connectivity index (χ0n) is 7.70. The fourth-order valence-electron chi connectivity index (χ4n) is 3.07. The van der Waals surface area contributed by atoms with Crippen molar-refractivity contribution in [1.29, 1.82) is 5.41 Å². The molecule has 0 spiro atoms. The van der Waals surface area contributed by atoms with Crippen LogP contribution in [0.25, 0.3) is 0 Å². The van der Waals surface area contributed by atoms with Crippen LogP contribution in [0.5, 0.6) is 0 Å². The summed E-state index contributed by atoms with van der Waals surface area (Å²) in [6.45, 7) is 6.75. The van der Waals surface area contributed by atoms with Crippen LogP contribution in [-0.4, -0.2) is 5.71 Å². The first kappa shape index (κ1) is 7.33. The summed E-state index contributed by atoms with van der Waals surface area (Å²) in [7, 11) is 0. The van der Waals surface area contributed by atoms with E-state index >= 15 is 0 Å². The van der Waals surface area contributed by atoms with Gasteiger partial charge in [0, 0.05) is 16.5 Å². The summed E-state index contributed by atoms with van der Waals surface area (Å²) >= 11 is 0. The van der Waals surface area contributed by atoms with Crippen LogP contribution < -0.4 is 0 Å². The highest BCUT2D eigenvalue weighted by atomic mass is 14.7. The second-order valence-corrected chi connectivity index (χ2v) is 5.10. The third-order valence-electron chi connectivity index (χ3n) is 4.01. The highest BCUT2D eigenvalue weighted by molar-refractivity contribution is 5.95. The summed E-state index contributed by atoms with van der Waals surface area (Å²) in [5.74, 6) is 0.806. The third kappa shape index (κ3) is 0.692. The zero-order valence-corrected chi connectivity index (χ0v) is 7.70. The Morgan fingerprint density at radius 1 is 1.36 bits per heavy atom. The average molecular weight is 151 g/mol. The molecule has 2 bridgehead atoms. The normalized spacial score (nSPS) is 46.8. The van der Waals surface area contributed by atoms with Gasteiger partial charge in [0.2, 0.25) is 0 Å². The Bertz CT molecular complexity index is 210. The summed E-state index contributed by atoms with van der Waals surface area (Å²) < 4.78 is 0. The van der Waals surface area contributed by atoms with E-state index in [1.165, 1.54) is 19.3 Å². The monoisotopic (exact) mass is 151 g/mol. The van der Waals surface area contributed by atoms with Crippen molar-refractivity contribution in [3.8, 4) is 0 Å². The maximum atomic E-state index is 8.04. The van der Waals surface area contributed by atoms with Gasteiger partial charge in [-0.3, -0.25) is 0 Å². The lowest BCUT2D eigenvalue weighted by molar-refractivity contribution is 0.331. The van der Waals surface area contributed by atoms with Crippen LogP contribution in [0.3, 0.4) is 0 Å². The Morgan fingerprint density at radius 3 is 2.27 bits per heavy atom. The maximum absolute atomic E-state index is 8.04. The summed E-state index contributed by atoms with van der Waals surface area (Å²) in [5, 5.41) is 8.04. The molecule has 2 fully saturated rings. The minimum Gasteiger partial charge on any atom is -0.309 e. The number of rotatable bonds is 0. The van der Waals surface area contributed by atoms with Crippen LogP contribution >= 0.6 is 0 Å². The van der Waals surface area contributed by atoms with E-state index in [-0.39, 0.29) is 10.8 Å². The van der Waals surface area contributed by atoms with Crippen molar-refractivity contribution in [2.45, 2.75) is 40.0 Å². The third-order valence-corrected chi connectivity index (χ3v) is 4.01. The molecular weight excluding hydrogens is 134 g/mol. The van der Waals surface area contributed by atoms with Gasteiger partial charge in [0.15, 0.2) is 0 Å². The molecule has 2 atom stereocenters. The van der Waals surface area contributed by atoms with Crippen LogP contribution in [0.15, 0.2) is 0 Å². The van der Waals surface area contributed by atoms with Crippen LogP contribution in [0.2, 0.25) is 0 Å². The van der Waals surface area contributed by atoms with E-state index in [4.69, 9.17) is 5.41 Å². The van der Waals surface area contributed by atoms with E-state index in [9.17, 15) is 0 Å². The predicted octanol–water partition coefficient (Wildman–Crippen LogP) is 2.85. The van der Waals surface area contributed by atoms with Crippen molar-refractivity contribution in [3.63, 3.8) is 0 Å². The molecule has 62 valence electrons. The molecule has 2 aliphatic rings. The Hall–Kier alpha value is -0.330. The van der Waals surface area contributed by atoms with Crippen LogP contribution in [0.4, 0.5) is 0 Å². The van der Waals surface area contributed by atoms with Gasteiger partial charge in [-0.15, -0.1) is 0 Å². The minimum absolute atomic E-state index is 0.215.